The van der Waals surface area contributed by atoms with Crippen LogP contribution in [0.3, 0.4) is 0 Å². The van der Waals surface area contributed by atoms with Crippen molar-refractivity contribution in [1.82, 2.24) is 0 Å². The Hall–Kier alpha value is -1.15. The quantitative estimate of drug-likeness (QED) is 0.708. The summed E-state index contributed by atoms with van der Waals surface area (Å²) in [6.45, 7) is 2.03. The van der Waals surface area contributed by atoms with Crippen molar-refractivity contribution in [2.24, 2.45) is 0 Å². The Balaban J connectivity index is 2.45. The first-order chi connectivity index (χ1) is 7.16. The van der Waals surface area contributed by atoms with E-state index in [4.69, 9.17) is 0 Å². The van der Waals surface area contributed by atoms with Gasteiger partial charge in [-0.2, -0.15) is 0 Å². The molecule has 0 heterocycles. The fourth-order valence-corrected chi connectivity index (χ4v) is 1.67. The highest BCUT2D eigenvalue weighted by molar-refractivity contribution is 9.10. The Labute approximate surface area is 96.9 Å². The molecule has 0 amide bonds. The number of halogens is 2. The van der Waals surface area contributed by atoms with Crippen molar-refractivity contribution in [3.05, 3.63) is 58.3 Å². The number of benzene rings is 2. The van der Waals surface area contributed by atoms with Crippen molar-refractivity contribution in [1.29, 1.82) is 0 Å². The minimum absolute atomic E-state index is 0.229. The van der Waals surface area contributed by atoms with Crippen molar-refractivity contribution in [2.75, 3.05) is 0 Å². The van der Waals surface area contributed by atoms with Crippen LogP contribution in [0, 0.1) is 12.7 Å². The zero-order chi connectivity index (χ0) is 10.8. The number of hydrogen-bond donors (Lipinski definition) is 0. The van der Waals surface area contributed by atoms with Gasteiger partial charge in [0, 0.05) is 0 Å². The van der Waals surface area contributed by atoms with Crippen LogP contribution in [-0.4, -0.2) is 0 Å². The van der Waals surface area contributed by atoms with Crippen molar-refractivity contribution >= 4 is 15.9 Å². The van der Waals surface area contributed by atoms with E-state index in [1.165, 1.54) is 11.6 Å². The predicted molar refractivity (Wildman–Crippen MR) is 64.3 cm³/mol. The number of aryl methyl sites for hydroxylation is 1. The maximum absolute atomic E-state index is 13.3. The van der Waals surface area contributed by atoms with Crippen molar-refractivity contribution in [3.63, 3.8) is 0 Å². The van der Waals surface area contributed by atoms with Crippen LogP contribution in [-0.2, 0) is 0 Å². The van der Waals surface area contributed by atoms with E-state index in [1.54, 1.807) is 6.07 Å². The highest BCUT2D eigenvalue weighted by Crippen LogP contribution is 2.24. The molecule has 0 bridgehead atoms. The van der Waals surface area contributed by atoms with Gasteiger partial charge in [-0.15, -0.1) is 0 Å². The third-order valence-corrected chi connectivity index (χ3v) is 2.95. The lowest BCUT2D eigenvalue weighted by molar-refractivity contribution is 0.621. The Morgan fingerprint density at radius 3 is 2.13 bits per heavy atom. The molecule has 0 unspecified atom stereocenters. The summed E-state index contributed by atoms with van der Waals surface area (Å²) < 4.78 is 13.8. The zero-order valence-electron chi connectivity index (χ0n) is 8.30. The molecular formula is C13H10BrF. The molecule has 0 nitrogen and oxygen atoms in total. The average Bonchev–Trinajstić information content (AvgIpc) is 2.23. The SMILES string of the molecule is Cc1ccc(-c2ccc(Br)c(F)c2)cc1. The van der Waals surface area contributed by atoms with Crippen molar-refractivity contribution < 1.29 is 4.39 Å². The van der Waals surface area contributed by atoms with E-state index in [2.05, 4.69) is 15.9 Å². The van der Waals surface area contributed by atoms with Gasteiger partial charge >= 0.3 is 0 Å². The van der Waals surface area contributed by atoms with Gasteiger partial charge in [0.05, 0.1) is 4.47 Å². The lowest BCUT2D eigenvalue weighted by atomic mass is 10.0. The molecule has 0 spiro atoms. The molecule has 0 atom stereocenters. The second-order valence-electron chi connectivity index (χ2n) is 3.49. The molecule has 0 N–H and O–H groups in total. The van der Waals surface area contributed by atoms with Gasteiger partial charge in [-0.25, -0.2) is 4.39 Å². The molecule has 0 fully saturated rings. The minimum Gasteiger partial charge on any atom is -0.206 e. The molecule has 2 aromatic rings. The maximum Gasteiger partial charge on any atom is 0.137 e. The molecule has 0 aliphatic rings. The zero-order valence-corrected chi connectivity index (χ0v) is 9.88. The van der Waals surface area contributed by atoms with Crippen LogP contribution < -0.4 is 0 Å². The second kappa shape index (κ2) is 4.15. The molecule has 2 rings (SSSR count). The minimum atomic E-state index is -0.229. The Bertz CT molecular complexity index is 474. The van der Waals surface area contributed by atoms with Gasteiger partial charge in [0.2, 0.25) is 0 Å². The molecule has 76 valence electrons. The number of rotatable bonds is 1. The third kappa shape index (κ3) is 2.26. The molecule has 0 aliphatic carbocycles. The number of hydrogen-bond acceptors (Lipinski definition) is 0. The summed E-state index contributed by atoms with van der Waals surface area (Å²) in [5.41, 5.74) is 3.14. The summed E-state index contributed by atoms with van der Waals surface area (Å²) in [6, 6.07) is 13.2. The lowest BCUT2D eigenvalue weighted by Crippen LogP contribution is -1.82. The van der Waals surface area contributed by atoms with E-state index < -0.39 is 0 Å². The molecule has 0 radical (unpaired) electrons. The monoisotopic (exact) mass is 264 g/mol. The molecular weight excluding hydrogens is 255 g/mol. The average molecular weight is 265 g/mol. The molecule has 2 heteroatoms. The normalized spacial score (nSPS) is 10.3. The molecule has 0 saturated heterocycles. The van der Waals surface area contributed by atoms with Crippen LogP contribution in [0.15, 0.2) is 46.9 Å². The Morgan fingerprint density at radius 2 is 1.53 bits per heavy atom. The van der Waals surface area contributed by atoms with Crippen molar-refractivity contribution in [2.45, 2.75) is 6.92 Å². The Kier molecular flexibility index (Phi) is 2.87. The summed E-state index contributed by atoms with van der Waals surface area (Å²) in [6.07, 6.45) is 0. The smallest absolute Gasteiger partial charge is 0.137 e. The van der Waals surface area contributed by atoms with Crippen LogP contribution in [0.1, 0.15) is 5.56 Å². The summed E-state index contributed by atoms with van der Waals surface area (Å²) in [4.78, 5) is 0. The highest BCUT2D eigenvalue weighted by Gasteiger charge is 2.02. The van der Waals surface area contributed by atoms with E-state index >= 15 is 0 Å². The van der Waals surface area contributed by atoms with Crippen LogP contribution in [0.5, 0.6) is 0 Å². The second-order valence-corrected chi connectivity index (χ2v) is 4.35. The van der Waals surface area contributed by atoms with E-state index in [0.29, 0.717) is 4.47 Å². The molecule has 2 aromatic carbocycles. The first-order valence-electron chi connectivity index (χ1n) is 4.69. The van der Waals surface area contributed by atoms with Gasteiger partial charge in [0.15, 0.2) is 0 Å². The van der Waals surface area contributed by atoms with Crippen LogP contribution in [0.25, 0.3) is 11.1 Å². The van der Waals surface area contributed by atoms with Gasteiger partial charge in [0.25, 0.3) is 0 Å². The largest absolute Gasteiger partial charge is 0.206 e. The van der Waals surface area contributed by atoms with Gasteiger partial charge in [-0.1, -0.05) is 35.9 Å². The lowest BCUT2D eigenvalue weighted by Gasteiger charge is -2.03. The van der Waals surface area contributed by atoms with E-state index in [-0.39, 0.29) is 5.82 Å². The van der Waals surface area contributed by atoms with Crippen molar-refractivity contribution in [3.8, 4) is 11.1 Å². The highest BCUT2D eigenvalue weighted by atomic mass is 79.9. The first-order valence-corrected chi connectivity index (χ1v) is 5.48. The molecule has 0 saturated carbocycles. The Morgan fingerprint density at radius 1 is 0.933 bits per heavy atom. The molecule has 0 aliphatic heterocycles. The fraction of sp³-hybridized carbons (Fsp3) is 0.0769. The van der Waals surface area contributed by atoms with Crippen LogP contribution >= 0.6 is 15.9 Å². The summed E-state index contributed by atoms with van der Waals surface area (Å²) in [7, 11) is 0. The summed E-state index contributed by atoms with van der Waals surface area (Å²) >= 11 is 3.14. The predicted octanol–water partition coefficient (Wildman–Crippen LogP) is 4.56. The third-order valence-electron chi connectivity index (χ3n) is 2.30. The first kappa shape index (κ1) is 10.4. The van der Waals surface area contributed by atoms with Gasteiger partial charge in [-0.05, 0) is 46.1 Å². The van der Waals surface area contributed by atoms with E-state index in [1.807, 2.05) is 37.3 Å². The van der Waals surface area contributed by atoms with E-state index in [9.17, 15) is 4.39 Å². The van der Waals surface area contributed by atoms with Crippen LogP contribution in [0.4, 0.5) is 4.39 Å². The standard InChI is InChI=1S/C13H10BrF/c1-9-2-4-10(5-3-9)11-6-7-12(14)13(15)8-11/h2-8H,1H3. The van der Waals surface area contributed by atoms with Gasteiger partial charge < -0.3 is 0 Å². The summed E-state index contributed by atoms with van der Waals surface area (Å²) in [5, 5.41) is 0. The van der Waals surface area contributed by atoms with Gasteiger partial charge in [-0.3, -0.25) is 0 Å². The molecule has 15 heavy (non-hydrogen) atoms. The van der Waals surface area contributed by atoms with E-state index in [0.717, 1.165) is 11.1 Å². The fourth-order valence-electron chi connectivity index (χ4n) is 1.42. The maximum atomic E-state index is 13.3. The summed E-state index contributed by atoms with van der Waals surface area (Å²) in [5.74, 6) is -0.229. The van der Waals surface area contributed by atoms with Crippen LogP contribution in [0.2, 0.25) is 0 Å². The van der Waals surface area contributed by atoms with Gasteiger partial charge in [0.1, 0.15) is 5.82 Å². The molecule has 0 aromatic heterocycles. The topological polar surface area (TPSA) is 0 Å².